The Bertz CT molecular complexity index is 833. The fourth-order valence-corrected chi connectivity index (χ4v) is 2.34. The Labute approximate surface area is 139 Å². The zero-order valence-electron chi connectivity index (χ0n) is 13.8. The Kier molecular flexibility index (Phi) is 4.33. The number of hydrogen-bond donors (Lipinski definition) is 1. The second-order valence-corrected chi connectivity index (χ2v) is 5.57. The second kappa shape index (κ2) is 6.57. The largest absolute Gasteiger partial charge is 0.497 e. The van der Waals surface area contributed by atoms with Crippen LogP contribution in [0, 0.1) is 0 Å². The lowest BCUT2D eigenvalue weighted by molar-refractivity contribution is 0.102. The number of rotatable bonds is 5. The molecule has 2 aromatic heterocycles. The number of imidazole rings is 1. The fourth-order valence-electron chi connectivity index (χ4n) is 2.34. The highest BCUT2D eigenvalue weighted by atomic mass is 16.5. The molecule has 24 heavy (non-hydrogen) atoms. The average Bonchev–Trinajstić information content (AvgIpc) is 3.24. The molecule has 0 saturated heterocycles. The Morgan fingerprint density at radius 2 is 1.96 bits per heavy atom. The van der Waals surface area contributed by atoms with E-state index < -0.39 is 0 Å². The molecule has 0 unspecified atom stereocenters. The van der Waals surface area contributed by atoms with Crippen molar-refractivity contribution >= 4 is 11.7 Å². The summed E-state index contributed by atoms with van der Waals surface area (Å²) in [5, 5.41) is 7.03. The third-order valence-corrected chi connectivity index (χ3v) is 3.59. The van der Waals surface area contributed by atoms with Crippen molar-refractivity contribution in [1.82, 2.24) is 19.3 Å². The number of amides is 1. The van der Waals surface area contributed by atoms with Gasteiger partial charge in [0.2, 0.25) is 0 Å². The molecule has 0 aliphatic rings. The maximum atomic E-state index is 12.4. The van der Waals surface area contributed by atoms with E-state index >= 15 is 0 Å². The predicted octanol–water partition coefficient (Wildman–Crippen LogP) is 2.91. The zero-order chi connectivity index (χ0) is 17.1. The average molecular weight is 325 g/mol. The van der Waals surface area contributed by atoms with E-state index in [0.29, 0.717) is 11.5 Å². The van der Waals surface area contributed by atoms with Gasteiger partial charge in [0.05, 0.1) is 13.3 Å². The highest BCUT2D eigenvalue weighted by molar-refractivity contribution is 6.02. The summed E-state index contributed by atoms with van der Waals surface area (Å²) in [5.41, 5.74) is 1.23. The first-order chi connectivity index (χ1) is 11.6. The molecule has 7 nitrogen and oxygen atoms in total. The van der Waals surface area contributed by atoms with E-state index in [0.717, 1.165) is 11.4 Å². The molecule has 3 rings (SSSR count). The molecule has 1 aromatic carbocycles. The van der Waals surface area contributed by atoms with Crippen LogP contribution < -0.4 is 10.1 Å². The molecule has 0 aliphatic heterocycles. The molecular weight excluding hydrogens is 306 g/mol. The van der Waals surface area contributed by atoms with Crippen molar-refractivity contribution in [2.24, 2.45) is 0 Å². The van der Waals surface area contributed by atoms with Crippen LogP contribution in [0.5, 0.6) is 5.75 Å². The Morgan fingerprint density at radius 3 is 2.62 bits per heavy atom. The zero-order valence-corrected chi connectivity index (χ0v) is 13.8. The summed E-state index contributed by atoms with van der Waals surface area (Å²) in [5.74, 6) is 1.15. The topological polar surface area (TPSA) is 74.0 Å². The van der Waals surface area contributed by atoms with Gasteiger partial charge in [0.25, 0.3) is 5.91 Å². The van der Waals surface area contributed by atoms with Gasteiger partial charge in [0.1, 0.15) is 23.6 Å². The number of anilines is 1. The van der Waals surface area contributed by atoms with Crippen molar-refractivity contribution in [2.45, 2.75) is 19.9 Å². The number of nitrogens with zero attached hydrogens (tertiary/aromatic N) is 4. The standard InChI is InChI=1S/C17H19N5O2/c1-12(2)22-16(8-9-19-22)20-17(23)15-10-21(11-18-15)13-4-6-14(24-3)7-5-13/h4-12H,1-3H3,(H,20,23). The van der Waals surface area contributed by atoms with Crippen molar-refractivity contribution in [3.8, 4) is 11.4 Å². The monoisotopic (exact) mass is 325 g/mol. The molecule has 0 radical (unpaired) electrons. The fraction of sp³-hybridized carbons (Fsp3) is 0.235. The van der Waals surface area contributed by atoms with Gasteiger partial charge in [0, 0.05) is 24.0 Å². The number of aromatic nitrogens is 4. The van der Waals surface area contributed by atoms with E-state index in [1.165, 1.54) is 0 Å². The minimum atomic E-state index is -0.273. The van der Waals surface area contributed by atoms with Gasteiger partial charge in [-0.25, -0.2) is 9.67 Å². The van der Waals surface area contributed by atoms with Crippen LogP contribution in [0.4, 0.5) is 5.82 Å². The van der Waals surface area contributed by atoms with Crippen LogP contribution in [0.15, 0.2) is 49.1 Å². The van der Waals surface area contributed by atoms with E-state index in [1.807, 2.05) is 38.1 Å². The SMILES string of the molecule is COc1ccc(-n2cnc(C(=O)Nc3ccnn3C(C)C)c2)cc1. The minimum absolute atomic E-state index is 0.159. The number of nitrogens with one attached hydrogen (secondary N) is 1. The Morgan fingerprint density at radius 1 is 1.21 bits per heavy atom. The van der Waals surface area contributed by atoms with Crippen molar-refractivity contribution in [3.63, 3.8) is 0 Å². The van der Waals surface area contributed by atoms with Crippen LogP contribution in [-0.4, -0.2) is 32.3 Å². The highest BCUT2D eigenvalue weighted by Gasteiger charge is 2.14. The maximum absolute atomic E-state index is 12.4. The molecule has 3 aromatic rings. The summed E-state index contributed by atoms with van der Waals surface area (Å²) in [7, 11) is 1.62. The van der Waals surface area contributed by atoms with Gasteiger partial charge in [-0.1, -0.05) is 0 Å². The lowest BCUT2D eigenvalue weighted by Crippen LogP contribution is -2.17. The first-order valence-electron chi connectivity index (χ1n) is 7.62. The molecule has 1 amide bonds. The van der Waals surface area contributed by atoms with Crippen LogP contribution in [0.3, 0.4) is 0 Å². The lowest BCUT2D eigenvalue weighted by atomic mass is 10.3. The summed E-state index contributed by atoms with van der Waals surface area (Å²) in [6.07, 6.45) is 4.95. The molecule has 0 aliphatic carbocycles. The van der Waals surface area contributed by atoms with Crippen molar-refractivity contribution < 1.29 is 9.53 Å². The molecule has 124 valence electrons. The molecule has 1 N–H and O–H groups in total. The van der Waals surface area contributed by atoms with Gasteiger partial charge in [-0.3, -0.25) is 4.79 Å². The number of methoxy groups -OCH3 is 1. The summed E-state index contributed by atoms with van der Waals surface area (Å²) < 4.78 is 8.67. The van der Waals surface area contributed by atoms with Crippen LogP contribution >= 0.6 is 0 Å². The molecule has 0 saturated carbocycles. The van der Waals surface area contributed by atoms with Crippen LogP contribution in [0.2, 0.25) is 0 Å². The molecule has 0 spiro atoms. The third-order valence-electron chi connectivity index (χ3n) is 3.59. The van der Waals surface area contributed by atoms with E-state index in [9.17, 15) is 4.79 Å². The summed E-state index contributed by atoms with van der Waals surface area (Å²) in [6.45, 7) is 4.00. The summed E-state index contributed by atoms with van der Waals surface area (Å²) in [6, 6.07) is 9.43. The van der Waals surface area contributed by atoms with E-state index in [1.54, 1.807) is 41.1 Å². The first kappa shape index (κ1) is 15.8. The highest BCUT2D eigenvalue weighted by Crippen LogP contribution is 2.17. The van der Waals surface area contributed by atoms with Crippen molar-refractivity contribution in [3.05, 3.63) is 54.7 Å². The van der Waals surface area contributed by atoms with E-state index in [2.05, 4.69) is 15.4 Å². The molecule has 0 fully saturated rings. The van der Waals surface area contributed by atoms with Gasteiger partial charge < -0.3 is 14.6 Å². The quantitative estimate of drug-likeness (QED) is 0.783. The molecular formula is C17H19N5O2. The van der Waals surface area contributed by atoms with Crippen molar-refractivity contribution in [1.29, 1.82) is 0 Å². The van der Waals surface area contributed by atoms with E-state index in [4.69, 9.17) is 4.74 Å². The van der Waals surface area contributed by atoms with Gasteiger partial charge in [-0.15, -0.1) is 0 Å². The molecule has 2 heterocycles. The molecule has 0 bridgehead atoms. The minimum Gasteiger partial charge on any atom is -0.497 e. The number of carbonyl (C=O) groups is 1. The Balaban J connectivity index is 1.77. The van der Waals surface area contributed by atoms with Crippen LogP contribution in [-0.2, 0) is 0 Å². The smallest absolute Gasteiger partial charge is 0.277 e. The number of hydrogen-bond acceptors (Lipinski definition) is 4. The second-order valence-electron chi connectivity index (χ2n) is 5.57. The summed E-state index contributed by atoms with van der Waals surface area (Å²) in [4.78, 5) is 16.6. The number of ether oxygens (including phenoxy) is 1. The van der Waals surface area contributed by atoms with E-state index in [-0.39, 0.29) is 11.9 Å². The number of carbonyl (C=O) groups excluding carboxylic acids is 1. The first-order valence-corrected chi connectivity index (χ1v) is 7.62. The van der Waals surface area contributed by atoms with Gasteiger partial charge in [-0.05, 0) is 38.1 Å². The van der Waals surface area contributed by atoms with Gasteiger partial charge in [-0.2, -0.15) is 5.10 Å². The predicted molar refractivity (Wildman–Crippen MR) is 90.7 cm³/mol. The summed E-state index contributed by atoms with van der Waals surface area (Å²) >= 11 is 0. The third kappa shape index (κ3) is 3.15. The lowest BCUT2D eigenvalue weighted by Gasteiger charge is -2.10. The number of benzene rings is 1. The normalized spacial score (nSPS) is 10.8. The van der Waals surface area contributed by atoms with Crippen LogP contribution in [0.25, 0.3) is 5.69 Å². The molecule has 7 heteroatoms. The van der Waals surface area contributed by atoms with Crippen molar-refractivity contribution in [2.75, 3.05) is 12.4 Å². The van der Waals surface area contributed by atoms with Gasteiger partial charge >= 0.3 is 0 Å². The van der Waals surface area contributed by atoms with Crippen LogP contribution in [0.1, 0.15) is 30.4 Å². The van der Waals surface area contributed by atoms with Gasteiger partial charge in [0.15, 0.2) is 0 Å². The Hall–Kier alpha value is -3.09. The molecule has 0 atom stereocenters. The maximum Gasteiger partial charge on any atom is 0.277 e.